The predicted octanol–water partition coefficient (Wildman–Crippen LogP) is -2.90. The molecule has 0 aliphatic heterocycles. The van der Waals surface area contributed by atoms with Gasteiger partial charge < -0.3 is 17.1 Å². The molecule has 0 aromatic heterocycles. The number of hydrogen-bond acceptors (Lipinski definition) is 4. The molecule has 0 N–H and O–H groups in total. The molecule has 0 aliphatic rings. The van der Waals surface area contributed by atoms with Crippen LogP contribution in [0.1, 0.15) is 13.8 Å². The Kier molecular flexibility index (Phi) is 21.3. The van der Waals surface area contributed by atoms with Crippen LogP contribution in [0.3, 0.4) is 0 Å². The van der Waals surface area contributed by atoms with Gasteiger partial charge in [-0.2, -0.15) is 0 Å². The summed E-state index contributed by atoms with van der Waals surface area (Å²) in [7, 11) is 0. The second-order valence-electron chi connectivity index (χ2n) is 2.55. The molecule has 0 rings (SSSR count). The maximum absolute atomic E-state index is 5.31. The van der Waals surface area contributed by atoms with Crippen LogP contribution in [-0.4, -0.2) is 55.5 Å². The Labute approximate surface area is 115 Å². The largest absolute Gasteiger partial charge is 1.00 e. The maximum Gasteiger partial charge on any atom is 1.00 e. The molecular formula is C8H20AlNaO4. The molecule has 0 saturated heterocycles. The second kappa shape index (κ2) is 16.8. The summed E-state index contributed by atoms with van der Waals surface area (Å²) in [5, 5.41) is 0. The number of ether oxygens (including phenoxy) is 2. The Morgan fingerprint density at radius 1 is 0.786 bits per heavy atom. The van der Waals surface area contributed by atoms with Gasteiger partial charge in [-0.05, 0) is 13.8 Å². The van der Waals surface area contributed by atoms with Crippen LogP contribution in [-0.2, 0) is 17.1 Å². The van der Waals surface area contributed by atoms with E-state index in [2.05, 4.69) is 0 Å². The van der Waals surface area contributed by atoms with Gasteiger partial charge in [0.05, 0.1) is 13.2 Å². The molecule has 0 fully saturated rings. The van der Waals surface area contributed by atoms with E-state index in [0.29, 0.717) is 26.4 Å². The van der Waals surface area contributed by atoms with Gasteiger partial charge in [0.25, 0.3) is 0 Å². The van der Waals surface area contributed by atoms with Crippen LogP contribution in [0.2, 0.25) is 0 Å². The van der Waals surface area contributed by atoms with Crippen molar-refractivity contribution in [1.82, 2.24) is 0 Å². The van der Waals surface area contributed by atoms with E-state index in [0.717, 1.165) is 13.2 Å². The monoisotopic (exact) mass is 230 g/mol. The molecule has 0 heterocycles. The summed E-state index contributed by atoms with van der Waals surface area (Å²) in [5.41, 5.74) is 0. The van der Waals surface area contributed by atoms with Gasteiger partial charge in [0.15, 0.2) is 0 Å². The molecule has 0 aromatic carbocycles. The summed E-state index contributed by atoms with van der Waals surface area (Å²) < 4.78 is 20.8. The molecule has 80 valence electrons. The fourth-order valence-electron chi connectivity index (χ4n) is 0.823. The summed E-state index contributed by atoms with van der Waals surface area (Å²) in [6, 6.07) is 0. The summed E-state index contributed by atoms with van der Waals surface area (Å²) in [6.07, 6.45) is 0. The van der Waals surface area contributed by atoms with Gasteiger partial charge >= 0.3 is 45.4 Å². The van der Waals surface area contributed by atoms with Crippen LogP contribution in [0.5, 0.6) is 0 Å². The van der Waals surface area contributed by atoms with Crippen LogP contribution in [0.15, 0.2) is 0 Å². The standard InChI is InChI=1S/2C4H9O2.Al.Na.2H/c2*1-2-6-4-3-5;;;;/h2*2-4H2,1H3;;;;/q2*-1;2*+1;;. The van der Waals surface area contributed by atoms with Crippen LogP contribution >= 0.6 is 0 Å². The summed E-state index contributed by atoms with van der Waals surface area (Å²) in [6.45, 7) is 8.15. The van der Waals surface area contributed by atoms with E-state index in [1.54, 1.807) is 0 Å². The van der Waals surface area contributed by atoms with E-state index < -0.39 is 15.9 Å². The molecule has 0 amide bonds. The topological polar surface area (TPSA) is 36.9 Å². The number of rotatable bonds is 10. The minimum atomic E-state index is -1.25. The van der Waals surface area contributed by atoms with E-state index in [1.165, 1.54) is 0 Å². The molecule has 0 atom stereocenters. The van der Waals surface area contributed by atoms with Gasteiger partial charge in [0, 0.05) is 26.4 Å². The Bertz CT molecular complexity index is 87.4. The van der Waals surface area contributed by atoms with E-state index in [4.69, 9.17) is 17.1 Å². The van der Waals surface area contributed by atoms with Crippen LogP contribution in [0.25, 0.3) is 0 Å². The van der Waals surface area contributed by atoms with Gasteiger partial charge in [0.2, 0.25) is 0 Å². The van der Waals surface area contributed by atoms with Crippen molar-refractivity contribution < 1.29 is 46.6 Å². The zero-order valence-electron chi connectivity index (χ0n) is 9.88. The van der Waals surface area contributed by atoms with Crippen molar-refractivity contribution in [3.8, 4) is 0 Å². The zero-order valence-corrected chi connectivity index (χ0v) is 13.9. The van der Waals surface area contributed by atoms with Crippen molar-refractivity contribution in [3.63, 3.8) is 0 Å². The molecule has 0 saturated carbocycles. The Morgan fingerprint density at radius 3 is 1.57 bits per heavy atom. The molecule has 6 heteroatoms. The molecule has 0 aromatic rings. The third kappa shape index (κ3) is 15.8. The Balaban J connectivity index is 0. The van der Waals surface area contributed by atoms with Gasteiger partial charge in [-0.15, -0.1) is 0 Å². The first-order valence-corrected chi connectivity index (χ1v) is 6.60. The fraction of sp³-hybridized carbons (Fsp3) is 1.00. The van der Waals surface area contributed by atoms with E-state index >= 15 is 0 Å². The van der Waals surface area contributed by atoms with Gasteiger partial charge in [0.1, 0.15) is 0 Å². The van der Waals surface area contributed by atoms with Crippen molar-refractivity contribution >= 4 is 15.9 Å². The van der Waals surface area contributed by atoms with Crippen LogP contribution in [0.4, 0.5) is 0 Å². The molecule has 0 bridgehead atoms. The third-order valence-electron chi connectivity index (χ3n) is 1.51. The van der Waals surface area contributed by atoms with E-state index in [9.17, 15) is 0 Å². The van der Waals surface area contributed by atoms with Crippen molar-refractivity contribution in [2.75, 3.05) is 39.6 Å². The summed E-state index contributed by atoms with van der Waals surface area (Å²) in [5.74, 6) is 0. The fourth-order valence-corrected chi connectivity index (χ4v) is 1.66. The third-order valence-corrected chi connectivity index (χ3v) is 2.80. The van der Waals surface area contributed by atoms with Gasteiger partial charge in [-0.25, -0.2) is 0 Å². The average molecular weight is 230 g/mol. The maximum atomic E-state index is 5.31. The predicted molar refractivity (Wildman–Crippen MR) is 53.4 cm³/mol. The van der Waals surface area contributed by atoms with E-state index in [1.807, 2.05) is 13.8 Å². The Morgan fingerprint density at radius 2 is 1.21 bits per heavy atom. The van der Waals surface area contributed by atoms with Crippen molar-refractivity contribution in [3.05, 3.63) is 0 Å². The average Bonchev–Trinajstić information content (AvgIpc) is 2.16. The first-order valence-electron chi connectivity index (χ1n) is 4.96. The molecule has 0 aliphatic carbocycles. The Hall–Kier alpha value is 1.37. The van der Waals surface area contributed by atoms with Crippen molar-refractivity contribution in [1.29, 1.82) is 0 Å². The van der Waals surface area contributed by atoms with Crippen LogP contribution in [0, 0.1) is 0 Å². The van der Waals surface area contributed by atoms with Crippen molar-refractivity contribution in [2.24, 2.45) is 0 Å². The summed E-state index contributed by atoms with van der Waals surface area (Å²) >= 11 is -1.25. The number of hydrogen-bond donors (Lipinski definition) is 0. The minimum absolute atomic E-state index is 0. The molecule has 0 radical (unpaired) electrons. The second-order valence-corrected chi connectivity index (χ2v) is 4.03. The molecule has 4 nitrogen and oxygen atoms in total. The van der Waals surface area contributed by atoms with Gasteiger partial charge in [-0.1, -0.05) is 0 Å². The quantitative estimate of drug-likeness (QED) is 0.298. The molecule has 0 unspecified atom stereocenters. The minimum Gasteiger partial charge on any atom is -0.640 e. The van der Waals surface area contributed by atoms with Crippen molar-refractivity contribution in [2.45, 2.75) is 13.8 Å². The molecule has 14 heavy (non-hydrogen) atoms. The SMILES string of the molecule is CCOCC[O][AlH2-][O]CCOCC.[Na+]. The molecular weight excluding hydrogens is 210 g/mol. The normalized spacial score (nSPS) is 9.86. The first-order chi connectivity index (χ1) is 6.41. The summed E-state index contributed by atoms with van der Waals surface area (Å²) in [4.78, 5) is 0. The first kappa shape index (κ1) is 17.8. The molecule has 0 spiro atoms. The van der Waals surface area contributed by atoms with E-state index in [-0.39, 0.29) is 29.6 Å². The zero-order chi connectivity index (χ0) is 9.78. The van der Waals surface area contributed by atoms with Crippen LogP contribution < -0.4 is 29.6 Å². The smallest absolute Gasteiger partial charge is 0.640 e. The van der Waals surface area contributed by atoms with Gasteiger partial charge in [-0.3, -0.25) is 0 Å².